The minimum atomic E-state index is 0.218. The number of rotatable bonds is 4. The number of aromatic nitrogens is 1. The molecule has 0 unspecified atom stereocenters. The van der Waals surface area contributed by atoms with Gasteiger partial charge >= 0.3 is 0 Å². The lowest BCUT2D eigenvalue weighted by atomic mass is 10.3. The van der Waals surface area contributed by atoms with Crippen LogP contribution in [0.4, 0.5) is 0 Å². The third kappa shape index (κ3) is 2.38. The highest BCUT2D eigenvalue weighted by atomic mass is 32.1. The normalized spacial score (nSPS) is 10.0. The SMILES string of the molecule is NC(=S)c1ncccc1OCc1ccco1. The molecule has 2 aromatic rings. The fourth-order valence-electron chi connectivity index (χ4n) is 1.24. The van der Waals surface area contributed by atoms with Crippen molar-refractivity contribution in [2.45, 2.75) is 6.61 Å². The molecule has 4 nitrogen and oxygen atoms in total. The van der Waals surface area contributed by atoms with Crippen LogP contribution in [0.15, 0.2) is 41.1 Å². The average molecular weight is 234 g/mol. The van der Waals surface area contributed by atoms with Crippen LogP contribution >= 0.6 is 12.2 Å². The molecule has 0 aliphatic rings. The first-order valence-electron chi connectivity index (χ1n) is 4.67. The molecule has 0 saturated carbocycles. The molecule has 0 fully saturated rings. The van der Waals surface area contributed by atoms with Crippen LogP contribution in [0.3, 0.4) is 0 Å². The van der Waals surface area contributed by atoms with Crippen LogP contribution in [0.5, 0.6) is 5.75 Å². The van der Waals surface area contributed by atoms with Crippen molar-refractivity contribution in [3.05, 3.63) is 48.2 Å². The number of hydrogen-bond donors (Lipinski definition) is 1. The van der Waals surface area contributed by atoms with Gasteiger partial charge in [-0.1, -0.05) is 12.2 Å². The molecule has 0 atom stereocenters. The zero-order valence-corrected chi connectivity index (χ0v) is 9.24. The molecule has 2 N–H and O–H groups in total. The Kier molecular flexibility index (Phi) is 3.16. The second-order valence-electron chi connectivity index (χ2n) is 3.08. The van der Waals surface area contributed by atoms with E-state index in [-0.39, 0.29) is 4.99 Å². The van der Waals surface area contributed by atoms with Gasteiger partial charge in [-0.05, 0) is 24.3 Å². The number of furan rings is 1. The van der Waals surface area contributed by atoms with Gasteiger partial charge in [-0.2, -0.15) is 0 Å². The van der Waals surface area contributed by atoms with E-state index in [2.05, 4.69) is 4.98 Å². The maximum Gasteiger partial charge on any atom is 0.148 e. The predicted molar refractivity (Wildman–Crippen MR) is 63.2 cm³/mol. The zero-order valence-electron chi connectivity index (χ0n) is 8.42. The molecular formula is C11H10N2O2S. The van der Waals surface area contributed by atoms with E-state index in [0.717, 1.165) is 5.76 Å². The van der Waals surface area contributed by atoms with Gasteiger partial charge in [-0.25, -0.2) is 4.98 Å². The molecule has 0 aliphatic heterocycles. The third-order valence-electron chi connectivity index (χ3n) is 1.95. The monoisotopic (exact) mass is 234 g/mol. The van der Waals surface area contributed by atoms with E-state index in [1.165, 1.54) is 0 Å². The molecule has 0 aromatic carbocycles. The fourth-order valence-corrected chi connectivity index (χ4v) is 1.39. The molecule has 2 rings (SSSR count). The summed E-state index contributed by atoms with van der Waals surface area (Å²) >= 11 is 4.88. The highest BCUT2D eigenvalue weighted by molar-refractivity contribution is 7.80. The van der Waals surface area contributed by atoms with Crippen molar-refractivity contribution in [2.24, 2.45) is 5.73 Å². The molecule has 5 heteroatoms. The van der Waals surface area contributed by atoms with Gasteiger partial charge in [0.25, 0.3) is 0 Å². The van der Waals surface area contributed by atoms with Crippen molar-refractivity contribution in [1.82, 2.24) is 4.98 Å². The van der Waals surface area contributed by atoms with Gasteiger partial charge in [0.05, 0.1) is 6.26 Å². The van der Waals surface area contributed by atoms with Crippen LogP contribution in [0.1, 0.15) is 11.5 Å². The lowest BCUT2D eigenvalue weighted by Crippen LogP contribution is -2.13. The Labute approximate surface area is 98.0 Å². The summed E-state index contributed by atoms with van der Waals surface area (Å²) < 4.78 is 10.7. The van der Waals surface area contributed by atoms with Gasteiger partial charge in [0.1, 0.15) is 28.8 Å². The van der Waals surface area contributed by atoms with E-state index in [9.17, 15) is 0 Å². The second kappa shape index (κ2) is 4.76. The van der Waals surface area contributed by atoms with Gasteiger partial charge in [-0.3, -0.25) is 0 Å². The molecular weight excluding hydrogens is 224 g/mol. The molecule has 82 valence electrons. The molecule has 0 spiro atoms. The van der Waals surface area contributed by atoms with Crippen LogP contribution in [0, 0.1) is 0 Å². The summed E-state index contributed by atoms with van der Waals surface area (Å²) in [6, 6.07) is 7.16. The van der Waals surface area contributed by atoms with Gasteiger partial charge in [0.15, 0.2) is 0 Å². The Morgan fingerprint density at radius 1 is 1.44 bits per heavy atom. The lowest BCUT2D eigenvalue weighted by Gasteiger charge is -2.07. The first-order chi connectivity index (χ1) is 7.77. The van der Waals surface area contributed by atoms with Gasteiger partial charge in [0, 0.05) is 6.20 Å². The number of hydrogen-bond acceptors (Lipinski definition) is 4. The van der Waals surface area contributed by atoms with Crippen molar-refractivity contribution in [3.8, 4) is 5.75 Å². The molecule has 0 bridgehead atoms. The van der Waals surface area contributed by atoms with Crippen LogP contribution in [0.2, 0.25) is 0 Å². The van der Waals surface area contributed by atoms with E-state index in [1.807, 2.05) is 6.07 Å². The van der Waals surface area contributed by atoms with E-state index < -0.39 is 0 Å². The maximum atomic E-state index is 5.53. The Balaban J connectivity index is 2.12. The molecule has 0 radical (unpaired) electrons. The highest BCUT2D eigenvalue weighted by Crippen LogP contribution is 2.16. The summed E-state index contributed by atoms with van der Waals surface area (Å²) in [5, 5.41) is 0. The Hall–Kier alpha value is -1.88. The van der Waals surface area contributed by atoms with Crippen molar-refractivity contribution in [1.29, 1.82) is 0 Å². The molecule has 0 aliphatic carbocycles. The summed E-state index contributed by atoms with van der Waals surface area (Å²) in [4.78, 5) is 4.27. The van der Waals surface area contributed by atoms with Gasteiger partial charge in [0.2, 0.25) is 0 Å². The zero-order chi connectivity index (χ0) is 11.4. The van der Waals surface area contributed by atoms with Crippen LogP contribution in [0.25, 0.3) is 0 Å². The van der Waals surface area contributed by atoms with E-state index in [1.54, 1.807) is 30.7 Å². The van der Waals surface area contributed by atoms with Gasteiger partial charge < -0.3 is 14.9 Å². The number of ether oxygens (including phenoxy) is 1. The fraction of sp³-hybridized carbons (Fsp3) is 0.0909. The molecule has 16 heavy (non-hydrogen) atoms. The third-order valence-corrected chi connectivity index (χ3v) is 2.15. The summed E-state index contributed by atoms with van der Waals surface area (Å²) in [5.41, 5.74) is 6.02. The molecule has 0 saturated heterocycles. The molecule has 2 heterocycles. The summed E-state index contributed by atoms with van der Waals surface area (Å²) in [7, 11) is 0. The van der Waals surface area contributed by atoms with Crippen molar-refractivity contribution >= 4 is 17.2 Å². The summed E-state index contributed by atoms with van der Waals surface area (Å²) in [6.07, 6.45) is 3.21. The van der Waals surface area contributed by atoms with Crippen molar-refractivity contribution in [2.75, 3.05) is 0 Å². The van der Waals surface area contributed by atoms with E-state index >= 15 is 0 Å². The van der Waals surface area contributed by atoms with E-state index in [0.29, 0.717) is 18.1 Å². The summed E-state index contributed by atoms with van der Waals surface area (Å²) in [5.74, 6) is 1.30. The average Bonchev–Trinajstić information content (AvgIpc) is 2.79. The second-order valence-corrected chi connectivity index (χ2v) is 3.52. The predicted octanol–water partition coefficient (Wildman–Crippen LogP) is 1.89. The minimum absolute atomic E-state index is 0.218. The number of thiocarbonyl (C=S) groups is 1. The summed E-state index contributed by atoms with van der Waals surface area (Å²) in [6.45, 7) is 0.328. The van der Waals surface area contributed by atoms with Crippen LogP contribution < -0.4 is 10.5 Å². The largest absolute Gasteiger partial charge is 0.483 e. The van der Waals surface area contributed by atoms with Crippen molar-refractivity contribution < 1.29 is 9.15 Å². The Morgan fingerprint density at radius 2 is 2.31 bits per heavy atom. The first kappa shape index (κ1) is 10.6. The number of pyridine rings is 1. The van der Waals surface area contributed by atoms with Gasteiger partial charge in [-0.15, -0.1) is 0 Å². The standard InChI is InChI=1S/C11H10N2O2S/c12-11(16)10-9(4-1-5-13-10)15-7-8-3-2-6-14-8/h1-6H,7H2,(H2,12,16). The first-order valence-corrected chi connectivity index (χ1v) is 5.08. The molecule has 2 aromatic heterocycles. The molecule has 0 amide bonds. The number of nitrogens with two attached hydrogens (primary N) is 1. The lowest BCUT2D eigenvalue weighted by molar-refractivity contribution is 0.269. The van der Waals surface area contributed by atoms with E-state index in [4.69, 9.17) is 27.1 Å². The highest BCUT2D eigenvalue weighted by Gasteiger charge is 2.07. The maximum absolute atomic E-state index is 5.53. The smallest absolute Gasteiger partial charge is 0.148 e. The quantitative estimate of drug-likeness (QED) is 0.818. The minimum Gasteiger partial charge on any atom is -0.483 e. The Morgan fingerprint density at radius 3 is 3.00 bits per heavy atom. The topological polar surface area (TPSA) is 61.3 Å². The Bertz CT molecular complexity index is 482. The van der Waals surface area contributed by atoms with Crippen LogP contribution in [-0.4, -0.2) is 9.97 Å². The number of nitrogens with zero attached hydrogens (tertiary/aromatic N) is 1. The van der Waals surface area contributed by atoms with Crippen LogP contribution in [-0.2, 0) is 6.61 Å². The van der Waals surface area contributed by atoms with Crippen molar-refractivity contribution in [3.63, 3.8) is 0 Å².